The second kappa shape index (κ2) is 12.1. The Kier molecular flexibility index (Phi) is 8.43. The van der Waals surface area contributed by atoms with Crippen LogP contribution in [-0.2, 0) is 19.4 Å². The summed E-state index contributed by atoms with van der Waals surface area (Å²) in [6, 6.07) is 14.4. The predicted molar refractivity (Wildman–Crippen MR) is 160 cm³/mol. The highest BCUT2D eigenvalue weighted by molar-refractivity contribution is 7.91. The lowest BCUT2D eigenvalue weighted by molar-refractivity contribution is -0.134. The average Bonchev–Trinajstić information content (AvgIpc) is 3.39. The number of sulfone groups is 1. The molecular formula is C30H28ClFN4O6S. The zero-order chi connectivity index (χ0) is 30.9. The van der Waals surface area contributed by atoms with Crippen LogP contribution in [0.25, 0.3) is 10.8 Å². The van der Waals surface area contributed by atoms with Gasteiger partial charge >= 0.3 is 6.16 Å². The molecule has 10 nitrogen and oxygen atoms in total. The fraction of sp³-hybridized carbons (Fsp3) is 0.233. The fourth-order valence-corrected chi connectivity index (χ4v) is 6.75. The molecule has 0 unspecified atom stereocenters. The van der Waals surface area contributed by atoms with Crippen molar-refractivity contribution < 1.29 is 32.2 Å². The van der Waals surface area contributed by atoms with Crippen LogP contribution in [0.3, 0.4) is 0 Å². The molecule has 43 heavy (non-hydrogen) atoms. The number of hydrogen-bond donors (Lipinski definition) is 3. The molecule has 0 bridgehead atoms. The van der Waals surface area contributed by atoms with Gasteiger partial charge in [0.15, 0.2) is 9.84 Å². The first-order valence-electron chi connectivity index (χ1n) is 13.4. The van der Waals surface area contributed by atoms with Crippen molar-refractivity contribution in [1.29, 1.82) is 0 Å². The maximum Gasteiger partial charge on any atom is 0.506 e. The number of nitrogens with one attached hydrogen (secondary N) is 1. The Morgan fingerprint density at radius 2 is 1.95 bits per heavy atom. The molecule has 4 aromatic rings. The number of ether oxygens (including phenoxy) is 1. The van der Waals surface area contributed by atoms with Gasteiger partial charge in [-0.25, -0.2) is 22.6 Å². The van der Waals surface area contributed by atoms with Crippen molar-refractivity contribution in [3.63, 3.8) is 0 Å². The van der Waals surface area contributed by atoms with E-state index < -0.39 is 45.9 Å². The van der Waals surface area contributed by atoms with E-state index in [-0.39, 0.29) is 39.8 Å². The molecule has 1 aliphatic rings. The van der Waals surface area contributed by atoms with Crippen LogP contribution >= 0.6 is 11.6 Å². The van der Waals surface area contributed by atoms with Crippen LogP contribution in [0.5, 0.6) is 0 Å². The Bertz CT molecular complexity index is 1820. The monoisotopic (exact) mass is 626 g/mol. The minimum absolute atomic E-state index is 0.0161. The molecule has 3 atom stereocenters. The molecule has 4 N–H and O–H groups in total. The number of carboxylic acid groups (broad SMARTS) is 1. The minimum Gasteiger partial charge on any atom is -0.450 e. The summed E-state index contributed by atoms with van der Waals surface area (Å²) in [6.45, 7) is 1.51. The van der Waals surface area contributed by atoms with E-state index in [1.165, 1.54) is 36.1 Å². The summed E-state index contributed by atoms with van der Waals surface area (Å²) in [5.74, 6) is -1.23. The van der Waals surface area contributed by atoms with Gasteiger partial charge in [0.2, 0.25) is 5.91 Å². The van der Waals surface area contributed by atoms with Crippen molar-refractivity contribution >= 4 is 55.8 Å². The van der Waals surface area contributed by atoms with Crippen molar-refractivity contribution in [3.05, 3.63) is 94.9 Å². The van der Waals surface area contributed by atoms with Crippen LogP contribution in [0, 0.1) is 5.82 Å². The van der Waals surface area contributed by atoms with Crippen molar-refractivity contribution in [1.82, 2.24) is 9.88 Å². The summed E-state index contributed by atoms with van der Waals surface area (Å²) >= 11 is 6.22. The van der Waals surface area contributed by atoms with E-state index >= 15 is 4.39 Å². The molecule has 2 heterocycles. The van der Waals surface area contributed by atoms with E-state index in [1.807, 2.05) is 0 Å². The summed E-state index contributed by atoms with van der Waals surface area (Å²) in [5.41, 5.74) is 6.60. The highest BCUT2D eigenvalue weighted by Gasteiger charge is 2.45. The molecular weight excluding hydrogens is 599 g/mol. The van der Waals surface area contributed by atoms with Crippen molar-refractivity contribution in [3.8, 4) is 0 Å². The number of nitrogens with two attached hydrogens (primary N) is 1. The number of nitrogens with zero attached hydrogens (tertiary/aromatic N) is 2. The second-order valence-electron chi connectivity index (χ2n) is 10.0. The van der Waals surface area contributed by atoms with Crippen LogP contribution < -0.4 is 11.1 Å². The Labute approximate surface area is 252 Å². The number of carbonyl (C=O) groups excluding carboxylic acids is 1. The van der Waals surface area contributed by atoms with E-state index in [4.69, 9.17) is 22.1 Å². The molecule has 224 valence electrons. The predicted octanol–water partition coefficient (Wildman–Crippen LogP) is 5.59. The number of hydrogen-bond acceptors (Lipinski definition) is 8. The molecule has 0 spiro atoms. The number of carbonyl (C=O) groups is 2. The third-order valence-electron chi connectivity index (χ3n) is 7.45. The fourth-order valence-electron chi connectivity index (χ4n) is 5.43. The Balaban J connectivity index is 1.62. The molecule has 1 aliphatic heterocycles. The number of aromatic nitrogens is 1. The topological polar surface area (TPSA) is 152 Å². The molecule has 1 amide bonds. The van der Waals surface area contributed by atoms with Crippen molar-refractivity contribution in [2.24, 2.45) is 0 Å². The van der Waals surface area contributed by atoms with Gasteiger partial charge in [-0.05, 0) is 59.5 Å². The van der Waals surface area contributed by atoms with Crippen molar-refractivity contribution in [2.75, 3.05) is 23.3 Å². The van der Waals surface area contributed by atoms with Gasteiger partial charge in [-0.1, -0.05) is 36.7 Å². The maximum atomic E-state index is 15.3. The van der Waals surface area contributed by atoms with E-state index in [2.05, 4.69) is 10.3 Å². The van der Waals surface area contributed by atoms with Gasteiger partial charge in [-0.2, -0.15) is 0 Å². The zero-order valence-electron chi connectivity index (χ0n) is 22.9. The molecule has 1 aromatic heterocycles. The lowest BCUT2D eigenvalue weighted by atomic mass is 9.99. The summed E-state index contributed by atoms with van der Waals surface area (Å²) in [5, 5.41) is 14.2. The second-order valence-corrected chi connectivity index (χ2v) is 12.7. The Hall–Kier alpha value is -4.42. The van der Waals surface area contributed by atoms with E-state index in [0.717, 1.165) is 11.5 Å². The number of rotatable bonds is 8. The smallest absolute Gasteiger partial charge is 0.450 e. The lowest BCUT2D eigenvalue weighted by Crippen LogP contribution is -2.40. The Morgan fingerprint density at radius 3 is 2.70 bits per heavy atom. The molecule has 1 fully saturated rings. The molecule has 3 aromatic carbocycles. The largest absolute Gasteiger partial charge is 0.506 e. The summed E-state index contributed by atoms with van der Waals surface area (Å²) < 4.78 is 46.6. The number of amides is 1. The molecule has 0 aliphatic carbocycles. The third kappa shape index (κ3) is 6.06. The lowest BCUT2D eigenvalue weighted by Gasteiger charge is -2.32. The normalized spacial score (nSPS) is 17.5. The van der Waals surface area contributed by atoms with Crippen LogP contribution in [-0.4, -0.2) is 53.9 Å². The van der Waals surface area contributed by atoms with Crippen LogP contribution in [0.1, 0.15) is 36.6 Å². The van der Waals surface area contributed by atoms with Gasteiger partial charge < -0.3 is 25.8 Å². The molecule has 0 radical (unpaired) electrons. The average molecular weight is 627 g/mol. The molecule has 1 saturated heterocycles. The van der Waals surface area contributed by atoms with Gasteiger partial charge in [0.05, 0.1) is 16.7 Å². The number of pyridine rings is 1. The number of nitrogen functional groups attached to an aromatic ring is 1. The number of likely N-dealkylation sites (tertiary alicyclic amines) is 1. The van der Waals surface area contributed by atoms with Gasteiger partial charge in [0, 0.05) is 40.8 Å². The number of fused-ring (bicyclic) bond motifs is 1. The molecule has 0 saturated carbocycles. The first kappa shape index (κ1) is 30.1. The van der Waals surface area contributed by atoms with Crippen LogP contribution in [0.4, 0.5) is 20.7 Å². The Morgan fingerprint density at radius 1 is 1.19 bits per heavy atom. The summed E-state index contributed by atoms with van der Waals surface area (Å²) in [4.78, 5) is 31.4. The van der Waals surface area contributed by atoms with Crippen molar-refractivity contribution in [2.45, 2.75) is 36.4 Å². The highest BCUT2D eigenvalue weighted by atomic mass is 35.5. The summed E-state index contributed by atoms with van der Waals surface area (Å²) in [7, 11) is -3.77. The van der Waals surface area contributed by atoms with Crippen LogP contribution in [0.15, 0.2) is 77.8 Å². The quantitative estimate of drug-likeness (QED) is 0.212. The van der Waals surface area contributed by atoms with E-state index in [9.17, 15) is 23.1 Å². The highest BCUT2D eigenvalue weighted by Crippen LogP contribution is 2.40. The standard InChI is InChI=1S/C30H28ClFN4O6S/c1-2-43(40,41)25-6-4-3-5-21(25)27-24(42-30(38)39)12-14-36(27)29(37)26(22-16-18(31)7-10-23(22)32)35-19-8-9-20-17(15-19)11-13-34-28(20)33/h3-11,13,15-16,24,26-27,35H,2,12,14H2,1H3,(H2,33,34)(H,38,39)/t24-,26+,27+/m0/s1. The van der Waals surface area contributed by atoms with Gasteiger partial charge in [0.1, 0.15) is 23.8 Å². The number of halogens is 2. The SMILES string of the molecule is CCS(=O)(=O)c1ccccc1[C@@H]1[C@@H](OC(=O)O)CCN1C(=O)[C@H](Nc1ccc2c(N)nccc2c1)c1cc(Cl)ccc1F. The van der Waals surface area contributed by atoms with Gasteiger partial charge in [-0.3, -0.25) is 4.79 Å². The van der Waals surface area contributed by atoms with E-state index in [0.29, 0.717) is 16.9 Å². The van der Waals surface area contributed by atoms with Gasteiger partial charge in [0.25, 0.3) is 0 Å². The van der Waals surface area contributed by atoms with Crippen LogP contribution in [0.2, 0.25) is 5.02 Å². The molecule has 5 rings (SSSR count). The first-order valence-corrected chi connectivity index (χ1v) is 15.4. The molecule has 13 heteroatoms. The number of benzene rings is 3. The minimum atomic E-state index is -3.77. The number of anilines is 2. The van der Waals surface area contributed by atoms with E-state index in [1.54, 1.807) is 42.6 Å². The third-order valence-corrected chi connectivity index (χ3v) is 9.49. The zero-order valence-corrected chi connectivity index (χ0v) is 24.5. The maximum absolute atomic E-state index is 15.3. The first-order chi connectivity index (χ1) is 20.5. The summed E-state index contributed by atoms with van der Waals surface area (Å²) in [6.07, 6.45) is -1.01. The van der Waals surface area contributed by atoms with Gasteiger partial charge in [-0.15, -0.1) is 0 Å².